The Labute approximate surface area is 187 Å². The molecule has 3 aromatic carbocycles. The van der Waals surface area contributed by atoms with Gasteiger partial charge in [0.05, 0.1) is 15.6 Å². The molecule has 2 amide bonds. The van der Waals surface area contributed by atoms with Crippen LogP contribution in [0, 0.1) is 11.6 Å². The molecule has 0 aromatic heterocycles. The van der Waals surface area contributed by atoms with Crippen molar-refractivity contribution in [3.8, 4) is 0 Å². The van der Waals surface area contributed by atoms with Crippen molar-refractivity contribution < 1.29 is 26.8 Å². The molecule has 0 radical (unpaired) electrons. The predicted molar refractivity (Wildman–Crippen MR) is 117 cm³/mol. The van der Waals surface area contributed by atoms with Gasteiger partial charge in [-0.3, -0.25) is 14.3 Å². The summed E-state index contributed by atoms with van der Waals surface area (Å²) in [4.78, 5) is 23.1. The van der Waals surface area contributed by atoms with E-state index in [1.807, 2.05) is 0 Å². The van der Waals surface area contributed by atoms with Gasteiger partial charge in [-0.25, -0.2) is 17.2 Å². The van der Waals surface area contributed by atoms with Gasteiger partial charge >= 0.3 is 0 Å². The van der Waals surface area contributed by atoms with Crippen molar-refractivity contribution in [3.05, 3.63) is 82.9 Å². The summed E-state index contributed by atoms with van der Waals surface area (Å²) in [6, 6.07) is 12.2. The molecule has 0 aliphatic rings. The number of anilines is 3. The van der Waals surface area contributed by atoms with Gasteiger partial charge in [-0.2, -0.15) is 0 Å². The van der Waals surface area contributed by atoms with Gasteiger partial charge in [-0.05, 0) is 60.7 Å². The summed E-state index contributed by atoms with van der Waals surface area (Å²) >= 11 is 6.08. The molecule has 0 bridgehead atoms. The van der Waals surface area contributed by atoms with Gasteiger partial charge < -0.3 is 10.6 Å². The lowest BCUT2D eigenvalue weighted by Crippen LogP contribution is -2.14. The van der Waals surface area contributed by atoms with Gasteiger partial charge in [-0.1, -0.05) is 11.6 Å². The third-order valence-electron chi connectivity index (χ3n) is 4.14. The molecule has 3 N–H and O–H groups in total. The minimum absolute atomic E-state index is 0.119. The van der Waals surface area contributed by atoms with Crippen LogP contribution in [0.15, 0.2) is 65.6 Å². The maximum atomic E-state index is 13.3. The van der Waals surface area contributed by atoms with E-state index >= 15 is 0 Å². The fourth-order valence-corrected chi connectivity index (χ4v) is 3.93. The molecule has 3 aromatic rings. The van der Waals surface area contributed by atoms with Crippen LogP contribution in [0.25, 0.3) is 0 Å². The van der Waals surface area contributed by atoms with E-state index in [9.17, 15) is 26.8 Å². The molecule has 0 atom stereocenters. The second-order valence-electron chi connectivity index (χ2n) is 6.59. The fourth-order valence-electron chi connectivity index (χ4n) is 2.63. The molecular formula is C21H16ClF2N3O4S. The normalized spacial score (nSPS) is 11.0. The lowest BCUT2D eigenvalue weighted by molar-refractivity contribution is -0.114. The Hall–Kier alpha value is -3.50. The molecule has 0 heterocycles. The summed E-state index contributed by atoms with van der Waals surface area (Å²) in [6.07, 6.45) is 0. The highest BCUT2D eigenvalue weighted by Gasteiger charge is 2.17. The molecule has 0 saturated carbocycles. The number of carbonyl (C=O) groups excluding carboxylic acids is 2. The third-order valence-corrected chi connectivity index (χ3v) is 5.83. The van der Waals surface area contributed by atoms with Crippen molar-refractivity contribution in [2.75, 3.05) is 15.4 Å². The molecule has 11 heteroatoms. The van der Waals surface area contributed by atoms with E-state index in [1.54, 1.807) is 6.07 Å². The zero-order valence-electron chi connectivity index (χ0n) is 16.4. The lowest BCUT2D eigenvalue weighted by atomic mass is 10.2. The summed E-state index contributed by atoms with van der Waals surface area (Å²) in [5, 5.41) is 5.42. The van der Waals surface area contributed by atoms with Crippen LogP contribution in [0.2, 0.25) is 5.02 Å². The monoisotopic (exact) mass is 479 g/mol. The largest absolute Gasteiger partial charge is 0.325 e. The number of nitrogens with one attached hydrogen (secondary N) is 3. The molecule has 0 saturated heterocycles. The number of amides is 2. The van der Waals surface area contributed by atoms with Crippen LogP contribution >= 0.6 is 11.6 Å². The SMILES string of the molecule is CC(=O)Nc1ccc(NC(=O)c2ccc(NS(=O)(=O)c3ccc(F)c(F)c3)cc2)cc1Cl. The molecule has 32 heavy (non-hydrogen) atoms. The Kier molecular flexibility index (Phi) is 6.75. The van der Waals surface area contributed by atoms with Gasteiger partial charge in [0.25, 0.3) is 15.9 Å². The Morgan fingerprint density at radius 2 is 1.50 bits per heavy atom. The van der Waals surface area contributed by atoms with Crippen molar-refractivity contribution in [1.82, 2.24) is 0 Å². The van der Waals surface area contributed by atoms with Crippen molar-refractivity contribution in [3.63, 3.8) is 0 Å². The van der Waals surface area contributed by atoms with Crippen LogP contribution in [0.4, 0.5) is 25.8 Å². The minimum Gasteiger partial charge on any atom is -0.325 e. The molecule has 0 unspecified atom stereocenters. The van der Waals surface area contributed by atoms with Gasteiger partial charge in [0.15, 0.2) is 11.6 Å². The highest BCUT2D eigenvalue weighted by atomic mass is 35.5. The van der Waals surface area contributed by atoms with Gasteiger partial charge in [0, 0.05) is 23.9 Å². The highest BCUT2D eigenvalue weighted by Crippen LogP contribution is 2.26. The molecular weight excluding hydrogens is 464 g/mol. The number of rotatable bonds is 6. The summed E-state index contributed by atoms with van der Waals surface area (Å²) in [5.41, 5.74) is 1.13. The molecule has 166 valence electrons. The molecule has 0 aliphatic heterocycles. The summed E-state index contributed by atoms with van der Waals surface area (Å²) in [6.45, 7) is 1.34. The number of carbonyl (C=O) groups is 2. The number of benzene rings is 3. The van der Waals surface area contributed by atoms with E-state index in [0.717, 1.165) is 6.07 Å². The first-order valence-electron chi connectivity index (χ1n) is 9.01. The van der Waals surface area contributed by atoms with Crippen LogP contribution < -0.4 is 15.4 Å². The molecule has 7 nitrogen and oxygen atoms in total. The molecule has 0 fully saturated rings. The van der Waals surface area contributed by atoms with E-state index in [1.165, 1.54) is 43.3 Å². The first kappa shape index (κ1) is 23.2. The Morgan fingerprint density at radius 1 is 0.844 bits per heavy atom. The second kappa shape index (κ2) is 9.33. The first-order chi connectivity index (χ1) is 15.0. The van der Waals surface area contributed by atoms with Crippen LogP contribution in [0.1, 0.15) is 17.3 Å². The summed E-state index contributed by atoms with van der Waals surface area (Å²) in [7, 11) is -4.15. The second-order valence-corrected chi connectivity index (χ2v) is 8.68. The quantitative estimate of drug-likeness (QED) is 0.479. The van der Waals surface area contributed by atoms with Crippen molar-refractivity contribution in [2.45, 2.75) is 11.8 Å². The third kappa shape index (κ3) is 5.59. The highest BCUT2D eigenvalue weighted by molar-refractivity contribution is 7.92. The van der Waals surface area contributed by atoms with Crippen molar-refractivity contribution in [2.24, 2.45) is 0 Å². The Morgan fingerprint density at radius 3 is 2.09 bits per heavy atom. The Bertz CT molecular complexity index is 1300. The smallest absolute Gasteiger partial charge is 0.261 e. The number of hydrogen-bond acceptors (Lipinski definition) is 4. The minimum atomic E-state index is -4.15. The lowest BCUT2D eigenvalue weighted by Gasteiger charge is -2.11. The van der Waals surface area contributed by atoms with Crippen LogP contribution in [0.3, 0.4) is 0 Å². The fraction of sp³-hybridized carbons (Fsp3) is 0.0476. The van der Waals surface area contributed by atoms with E-state index in [-0.39, 0.29) is 22.2 Å². The number of sulfonamides is 1. The molecule has 0 spiro atoms. The molecule has 0 aliphatic carbocycles. The zero-order chi connectivity index (χ0) is 23.5. The van der Waals surface area contributed by atoms with E-state index < -0.39 is 32.5 Å². The first-order valence-corrected chi connectivity index (χ1v) is 10.9. The van der Waals surface area contributed by atoms with Gasteiger partial charge in [0.1, 0.15) is 0 Å². The van der Waals surface area contributed by atoms with Crippen LogP contribution in [-0.2, 0) is 14.8 Å². The van der Waals surface area contributed by atoms with Crippen LogP contribution in [-0.4, -0.2) is 20.2 Å². The maximum absolute atomic E-state index is 13.3. The average molecular weight is 480 g/mol. The zero-order valence-corrected chi connectivity index (χ0v) is 18.0. The number of hydrogen-bond donors (Lipinski definition) is 3. The predicted octanol–water partition coefficient (Wildman–Crippen LogP) is 4.63. The Balaban J connectivity index is 1.69. The van der Waals surface area contributed by atoms with Crippen LogP contribution in [0.5, 0.6) is 0 Å². The van der Waals surface area contributed by atoms with Crippen molar-refractivity contribution in [1.29, 1.82) is 0 Å². The standard InChI is InChI=1S/C21H16ClF2N3O4S/c1-12(28)25-20-9-6-15(10-17(20)22)26-21(29)13-2-4-14(5-3-13)27-32(30,31)16-7-8-18(23)19(24)11-16/h2-11,27H,1H3,(H,25,28)(H,26,29). The van der Waals surface area contributed by atoms with E-state index in [0.29, 0.717) is 23.5 Å². The molecule has 3 rings (SSSR count). The number of halogens is 3. The van der Waals surface area contributed by atoms with Crippen molar-refractivity contribution >= 4 is 50.5 Å². The van der Waals surface area contributed by atoms with Gasteiger partial charge in [-0.15, -0.1) is 0 Å². The average Bonchev–Trinajstić information content (AvgIpc) is 2.72. The maximum Gasteiger partial charge on any atom is 0.261 e. The van der Waals surface area contributed by atoms with E-state index in [2.05, 4.69) is 15.4 Å². The summed E-state index contributed by atoms with van der Waals surface area (Å²) in [5.74, 6) is -3.22. The topological polar surface area (TPSA) is 104 Å². The van der Waals surface area contributed by atoms with E-state index in [4.69, 9.17) is 11.6 Å². The van der Waals surface area contributed by atoms with Gasteiger partial charge in [0.2, 0.25) is 5.91 Å². The summed E-state index contributed by atoms with van der Waals surface area (Å²) < 4.78 is 53.3.